The van der Waals surface area contributed by atoms with Crippen molar-refractivity contribution in [1.82, 2.24) is 4.90 Å². The van der Waals surface area contributed by atoms with Crippen molar-refractivity contribution >= 4 is 11.9 Å². The Hall–Kier alpha value is -1.10. The van der Waals surface area contributed by atoms with Crippen molar-refractivity contribution in [2.75, 3.05) is 20.2 Å². The van der Waals surface area contributed by atoms with Gasteiger partial charge in [0, 0.05) is 19.5 Å². The van der Waals surface area contributed by atoms with Crippen LogP contribution in [0.4, 0.5) is 0 Å². The number of aliphatic hydroxyl groups excluding tert-OH is 1. The van der Waals surface area contributed by atoms with Crippen LogP contribution in [0.2, 0.25) is 0 Å². The number of carbonyl (C=O) groups excluding carboxylic acids is 2. The standard InChI is InChI=1S/C13H25NO4/c1-9(2)6-12(16)14(8-11(4)15)7-10(3)13(17)18-5/h9-11,15H,6-8H2,1-5H3. The van der Waals surface area contributed by atoms with Gasteiger partial charge in [-0.2, -0.15) is 0 Å². The highest BCUT2D eigenvalue weighted by molar-refractivity contribution is 5.78. The first-order chi connectivity index (χ1) is 8.27. The molecule has 106 valence electrons. The predicted octanol–water partition coefficient (Wildman–Crippen LogP) is 1.05. The second-order valence-electron chi connectivity index (χ2n) is 5.17. The van der Waals surface area contributed by atoms with E-state index in [1.807, 2.05) is 13.8 Å². The molecule has 0 heterocycles. The van der Waals surface area contributed by atoms with Crippen LogP contribution in [0.25, 0.3) is 0 Å². The molecule has 5 heteroatoms. The van der Waals surface area contributed by atoms with Gasteiger partial charge in [0.05, 0.1) is 19.1 Å². The molecule has 0 saturated carbocycles. The van der Waals surface area contributed by atoms with Crippen molar-refractivity contribution in [3.63, 3.8) is 0 Å². The van der Waals surface area contributed by atoms with Gasteiger partial charge in [0.25, 0.3) is 0 Å². The molecular formula is C13H25NO4. The molecule has 1 N–H and O–H groups in total. The maximum atomic E-state index is 12.0. The van der Waals surface area contributed by atoms with Crippen LogP contribution in [0.5, 0.6) is 0 Å². The lowest BCUT2D eigenvalue weighted by Gasteiger charge is -2.27. The lowest BCUT2D eigenvalue weighted by Crippen LogP contribution is -2.41. The number of aliphatic hydroxyl groups is 1. The maximum absolute atomic E-state index is 12.0. The third-order valence-electron chi connectivity index (χ3n) is 2.52. The van der Waals surface area contributed by atoms with E-state index in [0.29, 0.717) is 6.42 Å². The number of rotatable bonds is 7. The van der Waals surface area contributed by atoms with Gasteiger partial charge in [0.15, 0.2) is 0 Å². The van der Waals surface area contributed by atoms with Gasteiger partial charge in [0.2, 0.25) is 5.91 Å². The SMILES string of the molecule is COC(=O)C(C)CN(CC(C)O)C(=O)CC(C)C. The minimum absolute atomic E-state index is 0.0401. The van der Waals surface area contributed by atoms with Gasteiger partial charge in [-0.15, -0.1) is 0 Å². The van der Waals surface area contributed by atoms with Crippen molar-refractivity contribution < 1.29 is 19.4 Å². The molecule has 0 bridgehead atoms. The second-order valence-corrected chi connectivity index (χ2v) is 5.17. The summed E-state index contributed by atoms with van der Waals surface area (Å²) in [4.78, 5) is 24.9. The molecule has 0 spiro atoms. The van der Waals surface area contributed by atoms with E-state index in [2.05, 4.69) is 4.74 Å². The Morgan fingerprint density at radius 1 is 1.17 bits per heavy atom. The fraction of sp³-hybridized carbons (Fsp3) is 0.846. The summed E-state index contributed by atoms with van der Waals surface area (Å²) in [5, 5.41) is 9.40. The van der Waals surface area contributed by atoms with Crippen molar-refractivity contribution in [1.29, 1.82) is 0 Å². The molecular weight excluding hydrogens is 234 g/mol. The Balaban J connectivity index is 4.57. The first-order valence-electron chi connectivity index (χ1n) is 6.31. The molecule has 0 aliphatic rings. The predicted molar refractivity (Wildman–Crippen MR) is 68.9 cm³/mol. The average Bonchev–Trinajstić information content (AvgIpc) is 2.25. The summed E-state index contributed by atoms with van der Waals surface area (Å²) in [6, 6.07) is 0. The summed E-state index contributed by atoms with van der Waals surface area (Å²) >= 11 is 0. The number of hydrogen-bond donors (Lipinski definition) is 1. The number of methoxy groups -OCH3 is 1. The van der Waals surface area contributed by atoms with E-state index in [9.17, 15) is 14.7 Å². The Kier molecular flexibility index (Phi) is 7.59. The summed E-state index contributed by atoms with van der Waals surface area (Å²) in [6.07, 6.45) is -0.188. The van der Waals surface area contributed by atoms with E-state index in [-0.39, 0.29) is 36.8 Å². The quantitative estimate of drug-likeness (QED) is 0.694. The average molecular weight is 259 g/mol. The minimum Gasteiger partial charge on any atom is -0.469 e. The zero-order valence-corrected chi connectivity index (χ0v) is 12.0. The van der Waals surface area contributed by atoms with Crippen LogP contribution in [0, 0.1) is 11.8 Å². The van der Waals surface area contributed by atoms with Crippen LogP contribution in [-0.4, -0.2) is 48.2 Å². The van der Waals surface area contributed by atoms with Gasteiger partial charge < -0.3 is 14.7 Å². The fourth-order valence-corrected chi connectivity index (χ4v) is 1.68. The molecule has 2 atom stereocenters. The van der Waals surface area contributed by atoms with Gasteiger partial charge in [-0.3, -0.25) is 9.59 Å². The topological polar surface area (TPSA) is 66.8 Å². The number of carbonyl (C=O) groups is 2. The number of amides is 1. The highest BCUT2D eigenvalue weighted by atomic mass is 16.5. The van der Waals surface area contributed by atoms with E-state index < -0.39 is 6.10 Å². The van der Waals surface area contributed by atoms with Gasteiger partial charge in [-0.05, 0) is 12.8 Å². The molecule has 2 unspecified atom stereocenters. The molecule has 0 fully saturated rings. The third kappa shape index (κ3) is 6.59. The van der Waals surface area contributed by atoms with Crippen LogP contribution in [0.15, 0.2) is 0 Å². The number of hydrogen-bond acceptors (Lipinski definition) is 4. The van der Waals surface area contributed by atoms with Gasteiger partial charge in [-0.1, -0.05) is 20.8 Å². The smallest absolute Gasteiger partial charge is 0.310 e. The molecule has 0 aliphatic carbocycles. The highest BCUT2D eigenvalue weighted by Gasteiger charge is 2.22. The molecule has 0 saturated heterocycles. The molecule has 0 aromatic heterocycles. The second kappa shape index (κ2) is 8.08. The van der Waals surface area contributed by atoms with E-state index in [1.54, 1.807) is 13.8 Å². The monoisotopic (exact) mass is 259 g/mol. The van der Waals surface area contributed by atoms with E-state index in [1.165, 1.54) is 12.0 Å². The minimum atomic E-state index is -0.606. The summed E-state index contributed by atoms with van der Waals surface area (Å²) in [5.74, 6) is -0.517. The molecule has 18 heavy (non-hydrogen) atoms. The normalized spacial score (nSPS) is 14.2. The number of ether oxygens (including phenoxy) is 1. The summed E-state index contributed by atoms with van der Waals surface area (Å²) < 4.78 is 4.64. The van der Waals surface area contributed by atoms with Crippen LogP contribution in [-0.2, 0) is 14.3 Å². The van der Waals surface area contributed by atoms with Gasteiger partial charge >= 0.3 is 5.97 Å². The van der Waals surface area contributed by atoms with Gasteiger partial charge in [0.1, 0.15) is 0 Å². The molecule has 5 nitrogen and oxygen atoms in total. The van der Waals surface area contributed by atoms with Crippen molar-refractivity contribution in [3.05, 3.63) is 0 Å². The third-order valence-corrected chi connectivity index (χ3v) is 2.52. The lowest BCUT2D eigenvalue weighted by atomic mass is 10.1. The van der Waals surface area contributed by atoms with E-state index >= 15 is 0 Å². The van der Waals surface area contributed by atoms with Crippen molar-refractivity contribution in [2.45, 2.75) is 40.2 Å². The number of nitrogens with zero attached hydrogens (tertiary/aromatic N) is 1. The summed E-state index contributed by atoms with van der Waals surface area (Å²) in [6.45, 7) is 7.78. The Bertz CT molecular complexity index is 276. The maximum Gasteiger partial charge on any atom is 0.310 e. The Morgan fingerprint density at radius 3 is 2.11 bits per heavy atom. The summed E-state index contributed by atoms with van der Waals surface area (Å²) in [7, 11) is 1.33. The van der Waals surface area contributed by atoms with Crippen molar-refractivity contribution in [3.8, 4) is 0 Å². The lowest BCUT2D eigenvalue weighted by molar-refractivity contribution is -0.146. The zero-order chi connectivity index (χ0) is 14.3. The zero-order valence-electron chi connectivity index (χ0n) is 12.0. The molecule has 0 rings (SSSR count). The molecule has 0 aliphatic heterocycles. The fourth-order valence-electron chi connectivity index (χ4n) is 1.68. The Morgan fingerprint density at radius 2 is 1.72 bits per heavy atom. The van der Waals surface area contributed by atoms with Crippen LogP contribution < -0.4 is 0 Å². The summed E-state index contributed by atoms with van der Waals surface area (Å²) in [5.41, 5.74) is 0. The Labute approximate surface area is 109 Å². The van der Waals surface area contributed by atoms with E-state index in [0.717, 1.165) is 0 Å². The van der Waals surface area contributed by atoms with Crippen LogP contribution in [0.1, 0.15) is 34.1 Å². The first kappa shape index (κ1) is 16.9. The molecule has 0 radical (unpaired) electrons. The van der Waals surface area contributed by atoms with E-state index in [4.69, 9.17) is 0 Å². The van der Waals surface area contributed by atoms with Crippen LogP contribution >= 0.6 is 0 Å². The molecule has 0 aromatic carbocycles. The van der Waals surface area contributed by atoms with Crippen molar-refractivity contribution in [2.24, 2.45) is 11.8 Å². The highest BCUT2D eigenvalue weighted by Crippen LogP contribution is 2.09. The molecule has 1 amide bonds. The largest absolute Gasteiger partial charge is 0.469 e. The number of esters is 1. The first-order valence-corrected chi connectivity index (χ1v) is 6.31. The van der Waals surface area contributed by atoms with Crippen LogP contribution in [0.3, 0.4) is 0 Å². The van der Waals surface area contributed by atoms with Gasteiger partial charge in [-0.25, -0.2) is 0 Å². The molecule has 0 aromatic rings.